The first-order valence-electron chi connectivity index (χ1n) is 3.55. The van der Waals surface area contributed by atoms with E-state index in [1.807, 2.05) is 6.26 Å². The van der Waals surface area contributed by atoms with Gasteiger partial charge in [-0.25, -0.2) is 15.0 Å². The second-order valence-electron chi connectivity index (χ2n) is 2.33. The molecule has 66 valence electrons. The van der Waals surface area contributed by atoms with Gasteiger partial charge in [0, 0.05) is 0 Å². The fourth-order valence-corrected chi connectivity index (χ4v) is 1.49. The van der Waals surface area contributed by atoms with Gasteiger partial charge in [-0.1, -0.05) is 0 Å². The molecule has 1 N–H and O–H groups in total. The number of aromatic amines is 1. The van der Waals surface area contributed by atoms with Gasteiger partial charge >= 0.3 is 0 Å². The van der Waals surface area contributed by atoms with Gasteiger partial charge in [0.15, 0.2) is 5.65 Å². The summed E-state index contributed by atoms with van der Waals surface area (Å²) in [6.07, 6.45) is 4.53. The maximum atomic E-state index is 10.9. The minimum atomic E-state index is -0.252. The van der Waals surface area contributed by atoms with Gasteiger partial charge in [-0.2, -0.15) is 0 Å². The maximum Gasteiger partial charge on any atom is 0.268 e. The number of rotatable bonds is 1. The van der Waals surface area contributed by atoms with E-state index < -0.39 is 0 Å². The van der Waals surface area contributed by atoms with E-state index in [4.69, 9.17) is 0 Å². The fraction of sp³-hybridized carbons (Fsp3) is 0.143. The zero-order valence-electron chi connectivity index (χ0n) is 6.81. The molecule has 13 heavy (non-hydrogen) atoms. The molecule has 2 heterocycles. The Morgan fingerprint density at radius 1 is 1.38 bits per heavy atom. The van der Waals surface area contributed by atoms with Crippen LogP contribution in [0.15, 0.2) is 22.3 Å². The van der Waals surface area contributed by atoms with Crippen LogP contribution in [-0.2, 0) is 0 Å². The van der Waals surface area contributed by atoms with Crippen molar-refractivity contribution >= 4 is 22.9 Å². The Labute approximate surface area is 77.6 Å². The zero-order chi connectivity index (χ0) is 9.26. The van der Waals surface area contributed by atoms with Crippen LogP contribution >= 0.6 is 11.8 Å². The average molecular weight is 194 g/mol. The predicted octanol–water partition coefficient (Wildman–Crippen LogP) is 0.435. The standard InChI is InChI=1S/C7H6N4OS/c1-13-7-5-6(9-3-10-7)11-4(12)2-8-5/h2-3H,1H3,(H,9,10,11,12). The van der Waals surface area contributed by atoms with E-state index in [0.717, 1.165) is 5.03 Å². The Bertz CT molecular complexity index is 495. The summed E-state index contributed by atoms with van der Waals surface area (Å²) < 4.78 is 0. The molecule has 2 aromatic heterocycles. The molecule has 0 saturated heterocycles. The van der Waals surface area contributed by atoms with E-state index in [1.165, 1.54) is 24.3 Å². The molecule has 0 aromatic carbocycles. The number of hydrogen-bond acceptors (Lipinski definition) is 5. The van der Waals surface area contributed by atoms with Crippen LogP contribution in [0.3, 0.4) is 0 Å². The number of thioether (sulfide) groups is 1. The van der Waals surface area contributed by atoms with Crippen LogP contribution in [0.4, 0.5) is 0 Å². The summed E-state index contributed by atoms with van der Waals surface area (Å²) in [5.41, 5.74) is 0.861. The first-order chi connectivity index (χ1) is 6.31. The molecule has 2 aromatic rings. The van der Waals surface area contributed by atoms with E-state index in [9.17, 15) is 4.79 Å². The Hall–Kier alpha value is -1.43. The van der Waals surface area contributed by atoms with Crippen LogP contribution in [0.2, 0.25) is 0 Å². The summed E-state index contributed by atoms with van der Waals surface area (Å²) in [5, 5.41) is 0.765. The number of fused-ring (bicyclic) bond motifs is 1. The van der Waals surface area contributed by atoms with Gasteiger partial charge in [0.1, 0.15) is 16.9 Å². The molecule has 0 aliphatic rings. The van der Waals surface area contributed by atoms with Crippen molar-refractivity contribution in [2.45, 2.75) is 5.03 Å². The lowest BCUT2D eigenvalue weighted by molar-refractivity contribution is 1.04. The largest absolute Gasteiger partial charge is 0.304 e. The Morgan fingerprint density at radius 3 is 3.00 bits per heavy atom. The minimum Gasteiger partial charge on any atom is -0.304 e. The van der Waals surface area contributed by atoms with E-state index in [2.05, 4.69) is 19.9 Å². The molecule has 5 nitrogen and oxygen atoms in total. The lowest BCUT2D eigenvalue weighted by Crippen LogP contribution is -2.06. The van der Waals surface area contributed by atoms with Crippen LogP contribution in [0.5, 0.6) is 0 Å². The fourth-order valence-electron chi connectivity index (χ4n) is 0.992. The van der Waals surface area contributed by atoms with E-state index >= 15 is 0 Å². The molecule has 0 bridgehead atoms. The Kier molecular flexibility index (Phi) is 1.97. The van der Waals surface area contributed by atoms with Crippen LogP contribution < -0.4 is 5.56 Å². The van der Waals surface area contributed by atoms with Gasteiger partial charge in [-0.3, -0.25) is 4.79 Å². The third kappa shape index (κ3) is 1.40. The first-order valence-corrected chi connectivity index (χ1v) is 4.78. The van der Waals surface area contributed by atoms with Gasteiger partial charge in [0.2, 0.25) is 0 Å². The van der Waals surface area contributed by atoms with Gasteiger partial charge in [0.25, 0.3) is 5.56 Å². The normalized spacial score (nSPS) is 10.5. The van der Waals surface area contributed by atoms with Crippen molar-refractivity contribution in [2.75, 3.05) is 6.26 Å². The van der Waals surface area contributed by atoms with Crippen LogP contribution in [0.1, 0.15) is 0 Å². The molecule has 2 rings (SSSR count). The first kappa shape index (κ1) is 8.18. The second kappa shape index (κ2) is 3.14. The van der Waals surface area contributed by atoms with Crippen molar-refractivity contribution in [1.82, 2.24) is 19.9 Å². The highest BCUT2D eigenvalue weighted by Crippen LogP contribution is 2.16. The topological polar surface area (TPSA) is 71.5 Å². The van der Waals surface area contributed by atoms with Crippen molar-refractivity contribution in [3.8, 4) is 0 Å². The van der Waals surface area contributed by atoms with E-state index in [0.29, 0.717) is 11.2 Å². The summed E-state index contributed by atoms with van der Waals surface area (Å²) in [5.74, 6) is 0. The molecular formula is C7H6N4OS. The van der Waals surface area contributed by atoms with E-state index in [-0.39, 0.29) is 5.56 Å². The Morgan fingerprint density at radius 2 is 2.23 bits per heavy atom. The minimum absolute atomic E-state index is 0.252. The van der Waals surface area contributed by atoms with Gasteiger partial charge in [0.05, 0.1) is 6.20 Å². The van der Waals surface area contributed by atoms with Crippen molar-refractivity contribution in [3.05, 3.63) is 22.9 Å². The van der Waals surface area contributed by atoms with E-state index in [1.54, 1.807) is 0 Å². The molecule has 0 unspecified atom stereocenters. The lowest BCUT2D eigenvalue weighted by atomic mass is 10.5. The highest BCUT2D eigenvalue weighted by atomic mass is 32.2. The third-order valence-electron chi connectivity index (χ3n) is 1.53. The van der Waals surface area contributed by atoms with Crippen molar-refractivity contribution < 1.29 is 0 Å². The number of nitrogens with one attached hydrogen (secondary N) is 1. The number of H-pyrrole nitrogens is 1. The Balaban J connectivity index is 2.85. The summed E-state index contributed by atoms with van der Waals surface area (Å²) in [7, 11) is 0. The summed E-state index contributed by atoms with van der Waals surface area (Å²) in [6, 6.07) is 0. The predicted molar refractivity (Wildman–Crippen MR) is 49.7 cm³/mol. The molecule has 0 atom stereocenters. The summed E-state index contributed by atoms with van der Waals surface area (Å²) in [6.45, 7) is 0. The lowest BCUT2D eigenvalue weighted by Gasteiger charge is -1.98. The molecular weight excluding hydrogens is 188 g/mol. The van der Waals surface area contributed by atoms with Crippen LogP contribution in [0.25, 0.3) is 11.2 Å². The van der Waals surface area contributed by atoms with Crippen LogP contribution in [0, 0.1) is 0 Å². The molecule has 0 aliphatic heterocycles. The van der Waals surface area contributed by atoms with Crippen molar-refractivity contribution in [1.29, 1.82) is 0 Å². The second-order valence-corrected chi connectivity index (χ2v) is 3.12. The SMILES string of the molecule is CSc1ncnc2[nH]c(=O)cnc12. The quantitative estimate of drug-likeness (QED) is 0.526. The molecule has 0 saturated carbocycles. The third-order valence-corrected chi connectivity index (χ3v) is 2.22. The molecule has 0 fully saturated rings. The molecule has 6 heteroatoms. The number of aromatic nitrogens is 4. The van der Waals surface area contributed by atoms with Crippen LogP contribution in [-0.4, -0.2) is 26.2 Å². The van der Waals surface area contributed by atoms with Crippen molar-refractivity contribution in [2.24, 2.45) is 0 Å². The molecule has 0 aliphatic carbocycles. The smallest absolute Gasteiger partial charge is 0.268 e. The molecule has 0 amide bonds. The van der Waals surface area contributed by atoms with Gasteiger partial charge in [-0.15, -0.1) is 11.8 Å². The monoisotopic (exact) mass is 194 g/mol. The number of hydrogen-bond donors (Lipinski definition) is 1. The van der Waals surface area contributed by atoms with Crippen molar-refractivity contribution in [3.63, 3.8) is 0 Å². The highest BCUT2D eigenvalue weighted by molar-refractivity contribution is 7.98. The highest BCUT2D eigenvalue weighted by Gasteiger charge is 2.03. The summed E-state index contributed by atoms with van der Waals surface area (Å²) >= 11 is 1.47. The number of nitrogens with zero attached hydrogens (tertiary/aromatic N) is 3. The van der Waals surface area contributed by atoms with Gasteiger partial charge in [-0.05, 0) is 6.26 Å². The molecule has 0 spiro atoms. The molecule has 0 radical (unpaired) electrons. The zero-order valence-corrected chi connectivity index (χ0v) is 7.63. The maximum absolute atomic E-state index is 10.9. The summed E-state index contributed by atoms with van der Waals surface area (Å²) in [4.78, 5) is 25.4. The average Bonchev–Trinajstić information content (AvgIpc) is 2.16. The van der Waals surface area contributed by atoms with Gasteiger partial charge < -0.3 is 4.98 Å².